The van der Waals surface area contributed by atoms with Crippen molar-refractivity contribution in [3.8, 4) is 0 Å². The van der Waals surface area contributed by atoms with Crippen LogP contribution in [0.3, 0.4) is 0 Å². The Hall–Kier alpha value is -0.810. The van der Waals surface area contributed by atoms with Crippen LogP contribution >= 0.6 is 0 Å². The van der Waals surface area contributed by atoms with E-state index < -0.39 is 6.16 Å². The molecule has 0 aliphatic carbocycles. The Balaban J connectivity index is 1.93. The van der Waals surface area contributed by atoms with Crippen LogP contribution in [0.4, 0.5) is 4.79 Å². The number of hydrogen-bond donors (Lipinski definition) is 1. The van der Waals surface area contributed by atoms with Gasteiger partial charge in [-0.2, -0.15) is 0 Å². The molecular formula is C12H22N2O3. The maximum atomic E-state index is 11.2. The van der Waals surface area contributed by atoms with E-state index in [-0.39, 0.29) is 6.23 Å². The van der Waals surface area contributed by atoms with Crippen molar-refractivity contribution in [3.63, 3.8) is 0 Å². The van der Waals surface area contributed by atoms with E-state index in [9.17, 15) is 4.79 Å². The average molecular weight is 242 g/mol. The van der Waals surface area contributed by atoms with Crippen molar-refractivity contribution in [1.29, 1.82) is 0 Å². The zero-order valence-electron chi connectivity index (χ0n) is 10.5. The van der Waals surface area contributed by atoms with Crippen LogP contribution in [-0.4, -0.2) is 50.1 Å². The van der Waals surface area contributed by atoms with Gasteiger partial charge in [-0.1, -0.05) is 0 Å². The smallest absolute Gasteiger partial charge is 0.438 e. The molecule has 0 bridgehead atoms. The highest BCUT2D eigenvalue weighted by Gasteiger charge is 2.32. The molecule has 0 aromatic carbocycles. The molecule has 1 N–H and O–H groups in total. The highest BCUT2D eigenvalue weighted by Crippen LogP contribution is 2.24. The van der Waals surface area contributed by atoms with Crippen LogP contribution in [0, 0.1) is 0 Å². The van der Waals surface area contributed by atoms with Crippen LogP contribution in [0.15, 0.2) is 0 Å². The number of hydrogen-bond acceptors (Lipinski definition) is 5. The van der Waals surface area contributed by atoms with E-state index in [1.807, 2.05) is 0 Å². The van der Waals surface area contributed by atoms with Crippen molar-refractivity contribution >= 4 is 6.16 Å². The number of methoxy groups -OCH3 is 1. The second kappa shape index (κ2) is 6.21. The lowest BCUT2D eigenvalue weighted by molar-refractivity contribution is -0.0827. The molecule has 17 heavy (non-hydrogen) atoms. The minimum atomic E-state index is -0.559. The molecule has 98 valence electrons. The van der Waals surface area contributed by atoms with Crippen molar-refractivity contribution in [1.82, 2.24) is 10.2 Å². The molecule has 5 nitrogen and oxygen atoms in total. The first-order valence-corrected chi connectivity index (χ1v) is 6.52. The highest BCUT2D eigenvalue weighted by molar-refractivity contribution is 5.59. The third kappa shape index (κ3) is 3.33. The zero-order chi connectivity index (χ0) is 12.1. The third-order valence-electron chi connectivity index (χ3n) is 3.66. The lowest BCUT2D eigenvalue weighted by Crippen LogP contribution is -2.51. The van der Waals surface area contributed by atoms with Crippen LogP contribution < -0.4 is 5.32 Å². The molecule has 2 fully saturated rings. The molecule has 5 heteroatoms. The molecule has 2 rings (SSSR count). The van der Waals surface area contributed by atoms with Crippen LogP contribution in [0.1, 0.15) is 32.1 Å². The molecule has 0 radical (unpaired) electrons. The summed E-state index contributed by atoms with van der Waals surface area (Å²) < 4.78 is 9.94. The first kappa shape index (κ1) is 12.6. The van der Waals surface area contributed by atoms with E-state index in [1.54, 1.807) is 0 Å². The quantitative estimate of drug-likeness (QED) is 0.740. The number of carbonyl (C=O) groups is 1. The summed E-state index contributed by atoms with van der Waals surface area (Å²) in [7, 11) is 1.36. The molecule has 0 saturated carbocycles. The fraction of sp³-hybridized carbons (Fsp3) is 0.917. The topological polar surface area (TPSA) is 50.8 Å². The fourth-order valence-corrected chi connectivity index (χ4v) is 2.77. The molecule has 0 spiro atoms. The first-order valence-electron chi connectivity index (χ1n) is 6.52. The molecule has 0 amide bonds. The number of nitrogens with one attached hydrogen (secondary N) is 1. The van der Waals surface area contributed by atoms with Gasteiger partial charge in [0.25, 0.3) is 0 Å². The van der Waals surface area contributed by atoms with Gasteiger partial charge in [-0.3, -0.25) is 4.90 Å². The van der Waals surface area contributed by atoms with E-state index in [4.69, 9.17) is 4.74 Å². The molecular weight excluding hydrogens is 220 g/mol. The predicted octanol–water partition coefficient (Wildman–Crippen LogP) is 1.33. The Morgan fingerprint density at radius 3 is 2.71 bits per heavy atom. The van der Waals surface area contributed by atoms with Gasteiger partial charge in [-0.25, -0.2) is 4.79 Å². The Bertz CT molecular complexity index is 254. The minimum absolute atomic E-state index is 0.0840. The monoisotopic (exact) mass is 242 g/mol. The van der Waals surface area contributed by atoms with Crippen molar-refractivity contribution in [2.75, 3.05) is 26.7 Å². The molecule has 2 aliphatic rings. The number of nitrogens with zero attached hydrogens (tertiary/aromatic N) is 1. The van der Waals surface area contributed by atoms with Gasteiger partial charge in [-0.15, -0.1) is 0 Å². The second-order valence-electron chi connectivity index (χ2n) is 4.74. The van der Waals surface area contributed by atoms with Crippen LogP contribution in [-0.2, 0) is 9.47 Å². The summed E-state index contributed by atoms with van der Waals surface area (Å²) in [6.07, 6.45) is 4.89. The Morgan fingerprint density at radius 1 is 1.24 bits per heavy atom. The Labute approximate surface area is 102 Å². The van der Waals surface area contributed by atoms with E-state index in [2.05, 4.69) is 15.0 Å². The molecule has 0 aromatic heterocycles. The highest BCUT2D eigenvalue weighted by atomic mass is 16.7. The van der Waals surface area contributed by atoms with Gasteiger partial charge < -0.3 is 14.8 Å². The molecule has 2 heterocycles. The van der Waals surface area contributed by atoms with Gasteiger partial charge >= 0.3 is 6.16 Å². The number of ether oxygens (including phenoxy) is 2. The summed E-state index contributed by atoms with van der Waals surface area (Å²) in [5, 5.41) is 3.36. The predicted molar refractivity (Wildman–Crippen MR) is 63.7 cm³/mol. The maximum Gasteiger partial charge on any atom is 0.509 e. The SMILES string of the molecule is COC(=O)O[C@H]1CCCCN1C1CCNCC1. The van der Waals surface area contributed by atoms with Gasteiger partial charge in [-0.05, 0) is 45.2 Å². The van der Waals surface area contributed by atoms with E-state index in [1.165, 1.54) is 13.5 Å². The molecule has 2 saturated heterocycles. The molecule has 0 aromatic rings. The second-order valence-corrected chi connectivity index (χ2v) is 4.74. The summed E-state index contributed by atoms with van der Waals surface area (Å²) in [6, 6.07) is 0.547. The van der Waals surface area contributed by atoms with Gasteiger partial charge in [0.15, 0.2) is 6.23 Å². The summed E-state index contributed by atoms with van der Waals surface area (Å²) in [5.41, 5.74) is 0. The number of piperidine rings is 2. The Morgan fingerprint density at radius 2 is 2.00 bits per heavy atom. The van der Waals surface area contributed by atoms with E-state index in [0.717, 1.165) is 45.3 Å². The molecule has 2 aliphatic heterocycles. The van der Waals surface area contributed by atoms with Crippen LogP contribution in [0.5, 0.6) is 0 Å². The van der Waals surface area contributed by atoms with Gasteiger partial charge in [0.2, 0.25) is 0 Å². The van der Waals surface area contributed by atoms with Crippen molar-refractivity contribution < 1.29 is 14.3 Å². The fourth-order valence-electron chi connectivity index (χ4n) is 2.77. The van der Waals surface area contributed by atoms with Crippen molar-refractivity contribution in [2.24, 2.45) is 0 Å². The standard InChI is InChI=1S/C12H22N2O3/c1-16-12(15)17-11-4-2-3-9-14(11)10-5-7-13-8-6-10/h10-11,13H,2-9H2,1H3/t11-/m0/s1. The van der Waals surface area contributed by atoms with Gasteiger partial charge in [0.1, 0.15) is 0 Å². The third-order valence-corrected chi connectivity index (χ3v) is 3.66. The first-order chi connectivity index (χ1) is 8.31. The normalized spacial score (nSPS) is 27.7. The number of rotatable bonds is 2. The maximum absolute atomic E-state index is 11.2. The lowest BCUT2D eigenvalue weighted by Gasteiger charge is -2.41. The number of carbonyl (C=O) groups excluding carboxylic acids is 1. The number of likely N-dealkylation sites (tertiary alicyclic amines) is 1. The van der Waals surface area contributed by atoms with Gasteiger partial charge in [0.05, 0.1) is 7.11 Å². The average Bonchev–Trinajstić information content (AvgIpc) is 2.40. The van der Waals surface area contributed by atoms with E-state index >= 15 is 0 Å². The summed E-state index contributed by atoms with van der Waals surface area (Å²) >= 11 is 0. The van der Waals surface area contributed by atoms with Crippen LogP contribution in [0.2, 0.25) is 0 Å². The van der Waals surface area contributed by atoms with Crippen molar-refractivity contribution in [2.45, 2.75) is 44.4 Å². The Kier molecular flexibility index (Phi) is 4.62. The van der Waals surface area contributed by atoms with Gasteiger partial charge in [0, 0.05) is 12.6 Å². The molecule has 1 atom stereocenters. The minimum Gasteiger partial charge on any atom is -0.438 e. The lowest BCUT2D eigenvalue weighted by atomic mass is 10.00. The van der Waals surface area contributed by atoms with E-state index in [0.29, 0.717) is 6.04 Å². The van der Waals surface area contributed by atoms with Crippen molar-refractivity contribution in [3.05, 3.63) is 0 Å². The zero-order valence-corrected chi connectivity index (χ0v) is 10.5. The summed E-state index contributed by atoms with van der Waals surface area (Å²) in [4.78, 5) is 13.6. The summed E-state index contributed by atoms with van der Waals surface area (Å²) in [5.74, 6) is 0. The molecule has 0 unspecified atom stereocenters. The van der Waals surface area contributed by atoms with Crippen LogP contribution in [0.25, 0.3) is 0 Å². The largest absolute Gasteiger partial charge is 0.509 e. The summed E-state index contributed by atoms with van der Waals surface area (Å²) in [6.45, 7) is 3.16.